The van der Waals surface area contributed by atoms with Crippen LogP contribution in [0.2, 0.25) is 0 Å². The second kappa shape index (κ2) is 16.9. The second-order valence-corrected chi connectivity index (χ2v) is 4.85. The average molecular weight is 392 g/mol. The second-order valence-electron chi connectivity index (χ2n) is 4.85. The highest BCUT2D eigenvalue weighted by Crippen LogP contribution is 1.89. The summed E-state index contributed by atoms with van der Waals surface area (Å²) in [5, 5.41) is 4.80. The summed E-state index contributed by atoms with van der Waals surface area (Å²) in [7, 11) is 0. The van der Waals surface area contributed by atoms with Crippen LogP contribution in [0.5, 0.6) is 0 Å². The number of amides is 2. The van der Waals surface area contributed by atoms with Crippen LogP contribution in [-0.4, -0.2) is 76.9 Å². The van der Waals surface area contributed by atoms with Gasteiger partial charge in [-0.1, -0.05) is 0 Å². The van der Waals surface area contributed by atoms with Gasteiger partial charge in [-0.2, -0.15) is 0 Å². The normalized spacial score (nSPS) is 9.85. The van der Waals surface area contributed by atoms with E-state index in [1.165, 1.54) is 0 Å². The number of hydrogen-bond donors (Lipinski definition) is 2. The molecule has 0 saturated carbocycles. The highest BCUT2D eigenvalue weighted by molar-refractivity contribution is 5.72. The first-order valence-electron chi connectivity index (χ1n) is 8.69. The molecule has 2 amide bonds. The Bertz CT molecular complexity index is 417. The van der Waals surface area contributed by atoms with Gasteiger partial charge in [-0.15, -0.1) is 0 Å². The van der Waals surface area contributed by atoms with Gasteiger partial charge in [-0.25, -0.2) is 9.59 Å². The van der Waals surface area contributed by atoms with Crippen LogP contribution < -0.4 is 10.6 Å². The molecule has 0 aromatic heterocycles. The fraction of sp³-hybridized carbons (Fsp3) is 0.750. The minimum Gasteiger partial charge on any atom is -0.463 e. The summed E-state index contributed by atoms with van der Waals surface area (Å²) < 4.78 is 24.2. The molecule has 0 aromatic rings. The van der Waals surface area contributed by atoms with E-state index in [2.05, 4.69) is 20.1 Å². The Kier molecular flexibility index (Phi) is 15.3. The first-order chi connectivity index (χ1) is 13.0. The number of carbonyl (C=O) groups excluding carboxylic acids is 4. The Morgan fingerprint density at radius 3 is 1.41 bits per heavy atom. The molecular weight excluding hydrogens is 364 g/mol. The lowest BCUT2D eigenvalue weighted by Gasteiger charge is -2.08. The van der Waals surface area contributed by atoms with Gasteiger partial charge < -0.3 is 34.3 Å². The van der Waals surface area contributed by atoms with Crippen LogP contribution in [0.3, 0.4) is 0 Å². The van der Waals surface area contributed by atoms with Crippen LogP contribution in [0.25, 0.3) is 0 Å². The molecule has 0 atom stereocenters. The van der Waals surface area contributed by atoms with E-state index in [-0.39, 0.29) is 65.6 Å². The molecule has 0 bridgehead atoms. The third-order valence-corrected chi connectivity index (χ3v) is 2.73. The van der Waals surface area contributed by atoms with Gasteiger partial charge in [0, 0.05) is 13.1 Å². The van der Waals surface area contributed by atoms with E-state index in [0.29, 0.717) is 0 Å². The molecule has 0 fully saturated rings. The standard InChI is InChI=1S/C16H28N2O9/c1-3-24-15(21)17-7-5-13(19)26-11-9-23-10-12-27-14(20)6-8-18-16(22)25-4-2/h3-12H2,1-2H3,(H,17,21)(H,18,22). The largest absolute Gasteiger partial charge is 0.463 e. The summed E-state index contributed by atoms with van der Waals surface area (Å²) in [6.07, 6.45) is -1.12. The lowest BCUT2D eigenvalue weighted by Crippen LogP contribution is -2.27. The highest BCUT2D eigenvalue weighted by Gasteiger charge is 2.06. The molecule has 0 aliphatic carbocycles. The fourth-order valence-corrected chi connectivity index (χ4v) is 1.57. The molecule has 0 aliphatic heterocycles. The molecule has 0 aliphatic rings. The SMILES string of the molecule is CCOC(=O)NCCC(=O)OCCOCCOC(=O)CCNC(=O)OCC. The Hall–Kier alpha value is -2.56. The number of nitrogens with one attached hydrogen (secondary N) is 2. The summed E-state index contributed by atoms with van der Waals surface area (Å²) in [5.41, 5.74) is 0. The molecule has 0 heterocycles. The van der Waals surface area contributed by atoms with Crippen molar-refractivity contribution in [2.45, 2.75) is 26.7 Å². The van der Waals surface area contributed by atoms with Crippen molar-refractivity contribution >= 4 is 24.1 Å². The van der Waals surface area contributed by atoms with E-state index in [9.17, 15) is 19.2 Å². The summed E-state index contributed by atoms with van der Waals surface area (Å²) in [6, 6.07) is 0. The predicted octanol–water partition coefficient (Wildman–Crippen LogP) is 0.362. The Morgan fingerprint density at radius 2 is 1.04 bits per heavy atom. The first kappa shape index (κ1) is 24.4. The summed E-state index contributed by atoms with van der Waals surface area (Å²) in [6.45, 7) is 4.53. The van der Waals surface area contributed by atoms with E-state index < -0.39 is 24.1 Å². The minimum atomic E-state index is -0.583. The molecule has 0 rings (SSSR count). The van der Waals surface area contributed by atoms with Crippen molar-refractivity contribution in [3.8, 4) is 0 Å². The Morgan fingerprint density at radius 1 is 0.630 bits per heavy atom. The average Bonchev–Trinajstić information content (AvgIpc) is 2.61. The van der Waals surface area contributed by atoms with Crippen LogP contribution in [0, 0.1) is 0 Å². The van der Waals surface area contributed by atoms with Gasteiger partial charge in [-0.05, 0) is 13.8 Å². The van der Waals surface area contributed by atoms with E-state index >= 15 is 0 Å². The quantitative estimate of drug-likeness (QED) is 0.244. The fourth-order valence-electron chi connectivity index (χ4n) is 1.57. The van der Waals surface area contributed by atoms with Gasteiger partial charge in [0.2, 0.25) is 0 Å². The van der Waals surface area contributed by atoms with Gasteiger partial charge >= 0.3 is 24.1 Å². The minimum absolute atomic E-state index is 0.0241. The molecule has 27 heavy (non-hydrogen) atoms. The smallest absolute Gasteiger partial charge is 0.407 e. The van der Waals surface area contributed by atoms with Crippen LogP contribution in [0.1, 0.15) is 26.7 Å². The van der Waals surface area contributed by atoms with E-state index in [1.807, 2.05) is 0 Å². The van der Waals surface area contributed by atoms with Gasteiger partial charge in [0.1, 0.15) is 13.2 Å². The molecule has 0 spiro atoms. The molecule has 0 saturated heterocycles. The zero-order valence-electron chi connectivity index (χ0n) is 15.7. The van der Waals surface area contributed by atoms with Crippen LogP contribution in [0.4, 0.5) is 9.59 Å². The number of alkyl carbamates (subject to hydrolysis) is 2. The number of carbonyl (C=O) groups is 4. The zero-order valence-corrected chi connectivity index (χ0v) is 15.7. The lowest BCUT2D eigenvalue weighted by atomic mass is 10.4. The van der Waals surface area contributed by atoms with E-state index in [4.69, 9.17) is 14.2 Å². The molecule has 156 valence electrons. The van der Waals surface area contributed by atoms with Crippen molar-refractivity contribution in [3.63, 3.8) is 0 Å². The third kappa shape index (κ3) is 16.6. The first-order valence-corrected chi connectivity index (χ1v) is 8.69. The number of hydrogen-bond acceptors (Lipinski definition) is 9. The van der Waals surface area contributed by atoms with Gasteiger partial charge in [0.05, 0.1) is 39.3 Å². The third-order valence-electron chi connectivity index (χ3n) is 2.73. The van der Waals surface area contributed by atoms with E-state index in [0.717, 1.165) is 0 Å². The maximum Gasteiger partial charge on any atom is 0.407 e. The highest BCUT2D eigenvalue weighted by atomic mass is 16.6. The van der Waals surface area contributed by atoms with Crippen molar-refractivity contribution < 1.29 is 42.9 Å². The van der Waals surface area contributed by atoms with Crippen LogP contribution in [0.15, 0.2) is 0 Å². The van der Waals surface area contributed by atoms with E-state index in [1.54, 1.807) is 13.8 Å². The van der Waals surface area contributed by atoms with Gasteiger partial charge in [0.15, 0.2) is 0 Å². The van der Waals surface area contributed by atoms with Crippen molar-refractivity contribution in [1.82, 2.24) is 10.6 Å². The molecule has 0 unspecified atom stereocenters. The number of ether oxygens (including phenoxy) is 5. The summed E-state index contributed by atoms with van der Waals surface area (Å²) in [5.74, 6) is -0.952. The van der Waals surface area contributed by atoms with Gasteiger partial charge in [0.25, 0.3) is 0 Å². The topological polar surface area (TPSA) is 138 Å². The Balaban J connectivity index is 3.43. The summed E-state index contributed by atoms with van der Waals surface area (Å²) in [4.78, 5) is 44.7. The number of rotatable bonds is 14. The molecule has 11 nitrogen and oxygen atoms in total. The van der Waals surface area contributed by atoms with Crippen molar-refractivity contribution in [3.05, 3.63) is 0 Å². The molecule has 11 heteroatoms. The molecular formula is C16H28N2O9. The van der Waals surface area contributed by atoms with Gasteiger partial charge in [-0.3, -0.25) is 9.59 Å². The van der Waals surface area contributed by atoms with Crippen LogP contribution >= 0.6 is 0 Å². The molecule has 0 radical (unpaired) electrons. The summed E-state index contributed by atoms with van der Waals surface area (Å²) >= 11 is 0. The Labute approximate surface area is 158 Å². The maximum atomic E-state index is 11.4. The monoisotopic (exact) mass is 392 g/mol. The molecule has 0 aromatic carbocycles. The number of esters is 2. The molecule has 2 N–H and O–H groups in total. The van der Waals surface area contributed by atoms with Crippen LogP contribution in [-0.2, 0) is 33.3 Å². The van der Waals surface area contributed by atoms with Crippen molar-refractivity contribution in [1.29, 1.82) is 0 Å². The predicted molar refractivity (Wildman–Crippen MR) is 92.0 cm³/mol. The van der Waals surface area contributed by atoms with Crippen molar-refractivity contribution in [2.75, 3.05) is 52.7 Å². The van der Waals surface area contributed by atoms with Crippen molar-refractivity contribution in [2.24, 2.45) is 0 Å². The zero-order chi connectivity index (χ0) is 20.3. The lowest BCUT2D eigenvalue weighted by molar-refractivity contribution is -0.146. The maximum absolute atomic E-state index is 11.4.